The summed E-state index contributed by atoms with van der Waals surface area (Å²) in [4.78, 5) is 12.1. The summed E-state index contributed by atoms with van der Waals surface area (Å²) in [5, 5.41) is 0. The Bertz CT molecular complexity index is 455. The number of carbonyl (C=O) groups is 1. The maximum absolute atomic E-state index is 12.1. The molecular weight excluding hydrogens is 256 g/mol. The van der Waals surface area contributed by atoms with Gasteiger partial charge in [0.05, 0.1) is 0 Å². The van der Waals surface area contributed by atoms with Crippen molar-refractivity contribution in [2.45, 2.75) is 78.6 Å². The Balaban J connectivity index is 1.63. The summed E-state index contributed by atoms with van der Waals surface area (Å²) < 4.78 is 0. The van der Waals surface area contributed by atoms with Gasteiger partial charge in [0.15, 0.2) is 0 Å². The quantitative estimate of drug-likeness (QED) is 0.596. The molecule has 0 aliphatic heterocycles. The second-order valence-electron chi connectivity index (χ2n) is 9.65. The van der Waals surface area contributed by atoms with Gasteiger partial charge in [-0.2, -0.15) is 0 Å². The Morgan fingerprint density at radius 3 is 2.62 bits per heavy atom. The van der Waals surface area contributed by atoms with E-state index in [1.165, 1.54) is 44.9 Å². The predicted octanol–water partition coefficient (Wildman–Crippen LogP) is 5.23. The Kier molecular flexibility index (Phi) is 3.12. The zero-order valence-electron chi connectivity index (χ0n) is 14.2. The Morgan fingerprint density at radius 2 is 1.81 bits per heavy atom. The van der Waals surface area contributed by atoms with Gasteiger partial charge in [0, 0.05) is 12.8 Å². The molecular formula is C20H32O. The van der Waals surface area contributed by atoms with Gasteiger partial charge in [0.25, 0.3) is 0 Å². The van der Waals surface area contributed by atoms with Crippen molar-refractivity contribution < 1.29 is 4.79 Å². The molecule has 0 saturated heterocycles. The van der Waals surface area contributed by atoms with E-state index in [-0.39, 0.29) is 0 Å². The average Bonchev–Trinajstić information content (AvgIpc) is 2.74. The maximum Gasteiger partial charge on any atom is 0.133 e. The van der Waals surface area contributed by atoms with E-state index in [4.69, 9.17) is 0 Å². The lowest BCUT2D eigenvalue weighted by molar-refractivity contribution is -0.118. The fraction of sp³-hybridized carbons (Fsp3) is 0.950. The smallest absolute Gasteiger partial charge is 0.133 e. The maximum atomic E-state index is 12.1. The summed E-state index contributed by atoms with van der Waals surface area (Å²) in [6, 6.07) is 0. The number of Topliss-reactive ketones (excluding diaryl/α,β-unsaturated/α-hetero) is 1. The highest BCUT2D eigenvalue weighted by Crippen LogP contribution is 2.66. The number of rotatable bonds is 0. The van der Waals surface area contributed by atoms with E-state index >= 15 is 0 Å². The number of hydrogen-bond acceptors (Lipinski definition) is 1. The highest BCUT2D eigenvalue weighted by molar-refractivity contribution is 5.82. The first-order valence-electron chi connectivity index (χ1n) is 9.44. The molecule has 0 bridgehead atoms. The normalized spacial score (nSPS) is 56.5. The van der Waals surface area contributed by atoms with E-state index in [1.807, 2.05) is 0 Å². The number of carbonyl (C=O) groups excluding carboxylic acids is 1. The molecule has 4 rings (SSSR count). The SMILES string of the molecule is C[C@H]1CC[C@]2(C)[C@@H](CC[C@@H]3[C@H]4CC(=O)C[C@]4(C)CC[C@H]32)C1. The third-order valence-corrected chi connectivity index (χ3v) is 8.49. The van der Waals surface area contributed by atoms with Gasteiger partial charge in [-0.3, -0.25) is 4.79 Å². The van der Waals surface area contributed by atoms with Crippen molar-refractivity contribution in [3.63, 3.8) is 0 Å². The molecule has 0 spiro atoms. The minimum absolute atomic E-state index is 0.364. The minimum Gasteiger partial charge on any atom is -0.300 e. The van der Waals surface area contributed by atoms with E-state index in [1.54, 1.807) is 0 Å². The molecule has 4 aliphatic carbocycles. The number of fused-ring (bicyclic) bond motifs is 5. The van der Waals surface area contributed by atoms with E-state index in [9.17, 15) is 4.79 Å². The summed E-state index contributed by atoms with van der Waals surface area (Å²) in [5.41, 5.74) is 0.964. The summed E-state index contributed by atoms with van der Waals surface area (Å²) in [6.07, 6.45) is 11.8. The van der Waals surface area contributed by atoms with Crippen LogP contribution >= 0.6 is 0 Å². The molecule has 0 heterocycles. The standard InChI is InChI=1S/C20H32O/c1-13-6-9-20(3)14(10-13)4-5-16-17(20)7-8-19(2)12-15(21)11-18(16)19/h13-14,16-18H,4-12H2,1-3H3/t13-,14-,16-,17+,18+,19-,20+/m0/s1. The molecule has 7 atom stereocenters. The van der Waals surface area contributed by atoms with Crippen molar-refractivity contribution in [3.05, 3.63) is 0 Å². The van der Waals surface area contributed by atoms with Crippen molar-refractivity contribution in [3.8, 4) is 0 Å². The van der Waals surface area contributed by atoms with Crippen LogP contribution in [0.25, 0.3) is 0 Å². The van der Waals surface area contributed by atoms with Crippen molar-refractivity contribution in [2.24, 2.45) is 40.4 Å². The van der Waals surface area contributed by atoms with Gasteiger partial charge in [0.2, 0.25) is 0 Å². The van der Waals surface area contributed by atoms with E-state index < -0.39 is 0 Å². The molecule has 118 valence electrons. The zero-order chi connectivity index (χ0) is 14.8. The molecule has 0 N–H and O–H groups in total. The van der Waals surface area contributed by atoms with Gasteiger partial charge in [-0.1, -0.05) is 27.2 Å². The molecule has 0 amide bonds. The van der Waals surface area contributed by atoms with E-state index in [2.05, 4.69) is 20.8 Å². The Labute approximate surface area is 130 Å². The lowest BCUT2D eigenvalue weighted by Gasteiger charge is -2.60. The van der Waals surface area contributed by atoms with Crippen LogP contribution < -0.4 is 0 Å². The van der Waals surface area contributed by atoms with Crippen molar-refractivity contribution in [1.29, 1.82) is 0 Å². The third kappa shape index (κ3) is 1.98. The van der Waals surface area contributed by atoms with Gasteiger partial charge in [-0.05, 0) is 78.9 Å². The topological polar surface area (TPSA) is 17.1 Å². The van der Waals surface area contributed by atoms with Crippen LogP contribution in [0, 0.1) is 40.4 Å². The van der Waals surface area contributed by atoms with Crippen molar-refractivity contribution in [1.82, 2.24) is 0 Å². The van der Waals surface area contributed by atoms with Crippen LogP contribution in [-0.2, 0) is 4.79 Å². The molecule has 1 heteroatoms. The number of hydrogen-bond donors (Lipinski definition) is 0. The highest BCUT2D eigenvalue weighted by Gasteiger charge is 2.58. The zero-order valence-corrected chi connectivity index (χ0v) is 14.2. The molecule has 4 aliphatic rings. The van der Waals surface area contributed by atoms with Crippen LogP contribution in [0.15, 0.2) is 0 Å². The van der Waals surface area contributed by atoms with Crippen LogP contribution in [0.2, 0.25) is 0 Å². The fourth-order valence-corrected chi connectivity index (χ4v) is 7.25. The van der Waals surface area contributed by atoms with Crippen LogP contribution in [0.1, 0.15) is 78.6 Å². The summed E-state index contributed by atoms with van der Waals surface area (Å²) in [7, 11) is 0. The lowest BCUT2D eigenvalue weighted by Crippen LogP contribution is -2.52. The van der Waals surface area contributed by atoms with E-state index in [0.717, 1.165) is 42.4 Å². The molecule has 21 heavy (non-hydrogen) atoms. The molecule has 4 fully saturated rings. The van der Waals surface area contributed by atoms with Gasteiger partial charge in [-0.25, -0.2) is 0 Å². The second-order valence-corrected chi connectivity index (χ2v) is 9.65. The van der Waals surface area contributed by atoms with Gasteiger partial charge < -0.3 is 0 Å². The van der Waals surface area contributed by atoms with Crippen molar-refractivity contribution >= 4 is 5.78 Å². The molecule has 0 aromatic rings. The first-order valence-corrected chi connectivity index (χ1v) is 9.44. The molecule has 0 aromatic carbocycles. The molecule has 4 saturated carbocycles. The van der Waals surface area contributed by atoms with Crippen LogP contribution in [0.3, 0.4) is 0 Å². The summed E-state index contributed by atoms with van der Waals surface area (Å²) in [6.45, 7) is 7.51. The Hall–Kier alpha value is -0.330. The molecule has 0 aromatic heterocycles. The largest absolute Gasteiger partial charge is 0.300 e. The van der Waals surface area contributed by atoms with Crippen LogP contribution in [0.5, 0.6) is 0 Å². The average molecular weight is 288 g/mol. The highest BCUT2D eigenvalue weighted by atomic mass is 16.1. The lowest BCUT2D eigenvalue weighted by atomic mass is 9.45. The second kappa shape index (κ2) is 4.59. The first-order chi connectivity index (χ1) is 9.92. The third-order valence-electron chi connectivity index (χ3n) is 8.49. The molecule has 1 nitrogen and oxygen atoms in total. The van der Waals surface area contributed by atoms with Gasteiger partial charge in [0.1, 0.15) is 5.78 Å². The van der Waals surface area contributed by atoms with E-state index in [0.29, 0.717) is 16.6 Å². The van der Waals surface area contributed by atoms with Gasteiger partial charge in [-0.15, -0.1) is 0 Å². The first kappa shape index (κ1) is 14.3. The monoisotopic (exact) mass is 288 g/mol. The molecule has 0 radical (unpaired) electrons. The molecule has 0 unspecified atom stereocenters. The number of ketones is 1. The Morgan fingerprint density at radius 1 is 1.00 bits per heavy atom. The van der Waals surface area contributed by atoms with Crippen LogP contribution in [0.4, 0.5) is 0 Å². The predicted molar refractivity (Wildman–Crippen MR) is 85.9 cm³/mol. The summed E-state index contributed by atoms with van der Waals surface area (Å²) >= 11 is 0. The van der Waals surface area contributed by atoms with Crippen LogP contribution in [-0.4, -0.2) is 5.78 Å². The fourth-order valence-electron chi connectivity index (χ4n) is 7.25. The van der Waals surface area contributed by atoms with Crippen molar-refractivity contribution in [2.75, 3.05) is 0 Å². The summed E-state index contributed by atoms with van der Waals surface area (Å²) in [5.74, 6) is 5.00. The van der Waals surface area contributed by atoms with Gasteiger partial charge >= 0.3 is 0 Å². The minimum atomic E-state index is 0.364.